The molecule has 9 heteroatoms. The molecule has 4 bridgehead atoms. The molecule has 1 aliphatic heterocycles. The molecule has 0 aromatic carbocycles. The third-order valence-corrected chi connectivity index (χ3v) is 11.2. The predicted octanol–water partition coefficient (Wildman–Crippen LogP) is 5.17. The van der Waals surface area contributed by atoms with Crippen LogP contribution in [0, 0.1) is 51.2 Å². The van der Waals surface area contributed by atoms with E-state index < -0.39 is 58.9 Å². The van der Waals surface area contributed by atoms with Gasteiger partial charge in [0.1, 0.15) is 17.8 Å². The second-order valence-electron chi connectivity index (χ2n) is 14.9. The SMILES string of the molecule is CC(=O)O[C@H]1C=C[C@H](OC[C@@]23C[C@@H]4[C@H](C)CC[C@H]4[C@@]4(C=O)C[C@@H]2C=C(C(C)C)[C@@]34C(=O)OCOC(=O)C(C)(C)C)O[C@@H]1C. The van der Waals surface area contributed by atoms with E-state index in [4.69, 9.17) is 23.7 Å². The fraction of sp³-hybridized carbons (Fsp3) is 0.765. The fourth-order valence-electron chi connectivity index (χ4n) is 9.41. The molecule has 43 heavy (non-hydrogen) atoms. The van der Waals surface area contributed by atoms with Gasteiger partial charge in [0.2, 0.25) is 6.79 Å². The largest absolute Gasteiger partial charge is 0.456 e. The van der Waals surface area contributed by atoms with Crippen LogP contribution in [0.4, 0.5) is 0 Å². The van der Waals surface area contributed by atoms with Crippen LogP contribution < -0.4 is 0 Å². The van der Waals surface area contributed by atoms with Gasteiger partial charge in [-0.15, -0.1) is 0 Å². The fourth-order valence-corrected chi connectivity index (χ4v) is 9.41. The molecule has 3 fully saturated rings. The lowest BCUT2D eigenvalue weighted by molar-refractivity contribution is -0.221. The first-order chi connectivity index (χ1) is 20.1. The average molecular weight is 601 g/mol. The van der Waals surface area contributed by atoms with E-state index in [9.17, 15) is 19.2 Å². The van der Waals surface area contributed by atoms with Crippen molar-refractivity contribution in [2.24, 2.45) is 51.2 Å². The Morgan fingerprint density at radius 3 is 2.42 bits per heavy atom. The van der Waals surface area contributed by atoms with E-state index in [1.54, 1.807) is 32.9 Å². The maximum atomic E-state index is 14.7. The summed E-state index contributed by atoms with van der Waals surface area (Å²) in [4.78, 5) is 52.3. The van der Waals surface area contributed by atoms with Crippen LogP contribution in [-0.4, -0.2) is 56.1 Å². The number of allylic oxidation sites excluding steroid dienone is 1. The quantitative estimate of drug-likeness (QED) is 0.153. The summed E-state index contributed by atoms with van der Waals surface area (Å²) in [5.74, 6) is -0.695. The van der Waals surface area contributed by atoms with Gasteiger partial charge in [-0.25, -0.2) is 0 Å². The van der Waals surface area contributed by atoms with Gasteiger partial charge < -0.3 is 28.5 Å². The summed E-state index contributed by atoms with van der Waals surface area (Å²) >= 11 is 0. The second kappa shape index (κ2) is 11.1. The zero-order valence-corrected chi connectivity index (χ0v) is 26.8. The van der Waals surface area contributed by atoms with Gasteiger partial charge in [-0.2, -0.15) is 0 Å². The Morgan fingerprint density at radius 2 is 1.81 bits per heavy atom. The summed E-state index contributed by atoms with van der Waals surface area (Å²) in [6, 6.07) is 0. The first-order valence-corrected chi connectivity index (χ1v) is 15.8. The van der Waals surface area contributed by atoms with Gasteiger partial charge in [0, 0.05) is 12.3 Å². The standard InChI is InChI=1S/C34H48O9/c1-19(2)26-13-23-14-32(16-35)25-10-9-20(3)24(25)15-33(23,17-39-28-12-11-27(21(4)42-28)43-22(5)36)34(26,32)30(38)41-18-40-29(37)31(6,7)8/h11-13,16,19-21,23-25,27-28H,9-10,14-15,17-18H2,1-8H3/t20-,21-,23+,24-,25-,27+,28-,32+,33+,34+/m1/s1. The number of hydrogen-bond donors (Lipinski definition) is 0. The van der Waals surface area contributed by atoms with Crippen LogP contribution in [0.3, 0.4) is 0 Å². The average Bonchev–Trinajstić information content (AvgIpc) is 3.49. The van der Waals surface area contributed by atoms with E-state index in [-0.39, 0.29) is 36.2 Å². The second-order valence-corrected chi connectivity index (χ2v) is 14.9. The lowest BCUT2D eigenvalue weighted by Crippen LogP contribution is -2.64. The van der Waals surface area contributed by atoms with Gasteiger partial charge in [-0.3, -0.25) is 14.4 Å². The van der Waals surface area contributed by atoms with Crippen molar-refractivity contribution in [3.63, 3.8) is 0 Å². The Balaban J connectivity index is 1.52. The number of ether oxygens (including phenoxy) is 5. The topological polar surface area (TPSA) is 114 Å². The minimum atomic E-state index is -1.25. The zero-order chi connectivity index (χ0) is 31.5. The number of aldehydes is 1. The monoisotopic (exact) mass is 600 g/mol. The van der Waals surface area contributed by atoms with E-state index in [1.807, 2.05) is 6.92 Å². The molecule has 0 aromatic rings. The molecule has 5 rings (SSSR count). The summed E-state index contributed by atoms with van der Waals surface area (Å²) in [5, 5.41) is 0. The molecule has 0 N–H and O–H groups in total. The lowest BCUT2D eigenvalue weighted by atomic mass is 9.43. The summed E-state index contributed by atoms with van der Waals surface area (Å²) in [6.07, 6.45) is 8.34. The Hall–Kier alpha value is -2.52. The Kier molecular flexibility index (Phi) is 8.25. The normalized spacial score (nSPS) is 41.0. The number of hydrogen-bond acceptors (Lipinski definition) is 9. The molecule has 0 amide bonds. The molecule has 0 radical (unpaired) electrons. The van der Waals surface area contributed by atoms with Crippen molar-refractivity contribution in [1.29, 1.82) is 0 Å². The first kappa shape index (κ1) is 31.9. The van der Waals surface area contributed by atoms with Crippen LogP contribution >= 0.6 is 0 Å². The van der Waals surface area contributed by atoms with Crippen molar-refractivity contribution < 1.29 is 42.9 Å². The van der Waals surface area contributed by atoms with Crippen molar-refractivity contribution in [2.45, 2.75) is 99.6 Å². The summed E-state index contributed by atoms with van der Waals surface area (Å²) < 4.78 is 29.2. The van der Waals surface area contributed by atoms with E-state index in [0.29, 0.717) is 12.3 Å². The van der Waals surface area contributed by atoms with Crippen molar-refractivity contribution in [3.05, 3.63) is 23.8 Å². The van der Waals surface area contributed by atoms with E-state index in [0.717, 1.165) is 31.1 Å². The predicted molar refractivity (Wildman–Crippen MR) is 156 cm³/mol. The van der Waals surface area contributed by atoms with E-state index in [1.165, 1.54) is 6.92 Å². The van der Waals surface area contributed by atoms with Crippen molar-refractivity contribution in [2.75, 3.05) is 13.4 Å². The van der Waals surface area contributed by atoms with Crippen molar-refractivity contribution in [1.82, 2.24) is 0 Å². The molecule has 10 atom stereocenters. The van der Waals surface area contributed by atoms with Crippen LogP contribution in [0.5, 0.6) is 0 Å². The zero-order valence-electron chi connectivity index (χ0n) is 26.8. The smallest absolute Gasteiger partial charge is 0.320 e. The van der Waals surface area contributed by atoms with Crippen LogP contribution in [0.2, 0.25) is 0 Å². The number of carbonyl (C=O) groups excluding carboxylic acids is 4. The van der Waals surface area contributed by atoms with E-state index >= 15 is 0 Å². The lowest BCUT2D eigenvalue weighted by Gasteiger charge is -2.58. The molecule has 3 saturated carbocycles. The van der Waals surface area contributed by atoms with Gasteiger partial charge in [-0.1, -0.05) is 38.8 Å². The molecular weight excluding hydrogens is 552 g/mol. The maximum absolute atomic E-state index is 14.7. The van der Waals surface area contributed by atoms with Crippen LogP contribution in [0.25, 0.3) is 0 Å². The molecule has 0 unspecified atom stereocenters. The summed E-state index contributed by atoms with van der Waals surface area (Å²) in [6.45, 7) is 14.5. The van der Waals surface area contributed by atoms with Gasteiger partial charge in [0.05, 0.1) is 23.5 Å². The van der Waals surface area contributed by atoms with Crippen molar-refractivity contribution >= 4 is 24.2 Å². The highest BCUT2D eigenvalue weighted by Crippen LogP contribution is 2.82. The molecule has 4 aliphatic carbocycles. The van der Waals surface area contributed by atoms with Crippen molar-refractivity contribution in [3.8, 4) is 0 Å². The third-order valence-electron chi connectivity index (χ3n) is 11.2. The Bertz CT molecular complexity index is 1210. The third kappa shape index (κ3) is 4.71. The molecule has 0 spiro atoms. The highest BCUT2D eigenvalue weighted by atomic mass is 16.7. The molecule has 0 aromatic heterocycles. The van der Waals surface area contributed by atoms with E-state index in [2.05, 4.69) is 26.8 Å². The highest BCUT2D eigenvalue weighted by molar-refractivity contribution is 5.91. The molecule has 0 saturated heterocycles. The minimum Gasteiger partial charge on any atom is -0.456 e. The van der Waals surface area contributed by atoms with Crippen LogP contribution in [0.15, 0.2) is 23.8 Å². The maximum Gasteiger partial charge on any atom is 0.320 e. The number of fused-ring (bicyclic) bond motifs is 2. The van der Waals surface area contributed by atoms with Crippen LogP contribution in [-0.2, 0) is 42.9 Å². The van der Waals surface area contributed by atoms with Gasteiger partial charge in [0.25, 0.3) is 0 Å². The summed E-state index contributed by atoms with van der Waals surface area (Å²) in [5.41, 5.74) is -2.74. The Morgan fingerprint density at radius 1 is 1.09 bits per heavy atom. The molecule has 5 aliphatic rings. The number of rotatable bonds is 9. The summed E-state index contributed by atoms with van der Waals surface area (Å²) in [7, 11) is 0. The van der Waals surface area contributed by atoms with Crippen LogP contribution in [0.1, 0.15) is 81.1 Å². The van der Waals surface area contributed by atoms with Gasteiger partial charge >= 0.3 is 17.9 Å². The molecule has 238 valence electrons. The molecular formula is C34H48O9. The highest BCUT2D eigenvalue weighted by Gasteiger charge is 2.84. The number of carbonyl (C=O) groups is 4. The first-order valence-electron chi connectivity index (χ1n) is 15.8. The van der Waals surface area contributed by atoms with Gasteiger partial charge in [-0.05, 0) is 88.7 Å². The van der Waals surface area contributed by atoms with Gasteiger partial charge in [0.15, 0.2) is 6.29 Å². The minimum absolute atomic E-state index is 0.0145. The molecule has 9 nitrogen and oxygen atoms in total. The number of esters is 3. The molecule has 1 heterocycles. The Labute approximate surface area is 255 Å².